The van der Waals surface area contributed by atoms with E-state index in [1.54, 1.807) is 6.21 Å². The van der Waals surface area contributed by atoms with Gasteiger partial charge in [0.1, 0.15) is 23.8 Å². The maximum Gasteiger partial charge on any atom is 0.330 e. The molecule has 0 radical (unpaired) electrons. The Morgan fingerprint density at radius 3 is 2.11 bits per heavy atom. The molecule has 2 aliphatic heterocycles. The lowest BCUT2D eigenvalue weighted by Crippen LogP contribution is -2.65. The van der Waals surface area contributed by atoms with Gasteiger partial charge in [0.05, 0.1) is 0 Å². The van der Waals surface area contributed by atoms with Crippen LogP contribution in [-0.4, -0.2) is 60.7 Å². The van der Waals surface area contributed by atoms with Crippen molar-refractivity contribution in [2.24, 2.45) is 4.99 Å². The van der Waals surface area contributed by atoms with Crippen molar-refractivity contribution < 1.29 is 19.4 Å². The number of amides is 1. The maximum absolute atomic E-state index is 13.0. The van der Waals surface area contributed by atoms with Crippen molar-refractivity contribution in [3.8, 4) is 5.75 Å². The number of rotatable bonds is 4. The van der Waals surface area contributed by atoms with E-state index in [-0.39, 0.29) is 27.9 Å². The number of esters is 1. The summed E-state index contributed by atoms with van der Waals surface area (Å²) in [5.41, 5.74) is 1.90. The lowest BCUT2D eigenvalue weighted by molar-refractivity contribution is -0.162. The lowest BCUT2D eigenvalue weighted by atomic mass is 9.78. The Hall–Kier alpha value is -1.15. The number of carbonyl (C=O) groups is 2. The van der Waals surface area contributed by atoms with E-state index in [9.17, 15) is 14.7 Å². The van der Waals surface area contributed by atoms with Gasteiger partial charge in [-0.15, -0.1) is 11.8 Å². The molecule has 2 heterocycles. The summed E-state index contributed by atoms with van der Waals surface area (Å²) in [7, 11) is 0. The average molecular weight is 564 g/mol. The molecule has 0 spiro atoms. The van der Waals surface area contributed by atoms with Crippen LogP contribution in [0.4, 0.5) is 0 Å². The minimum absolute atomic E-state index is 0.244. The molecule has 194 valence electrons. The van der Waals surface area contributed by atoms with Gasteiger partial charge in [0.25, 0.3) is 5.91 Å². The third kappa shape index (κ3) is 5.89. The summed E-state index contributed by atoms with van der Waals surface area (Å²) in [6.45, 7) is 15.6. The quantitative estimate of drug-likeness (QED) is 0.218. The van der Waals surface area contributed by atoms with Gasteiger partial charge in [-0.05, 0) is 42.4 Å². The number of β-lactam (4-membered cyclic amide) rings is 1. The number of phenols is 1. The number of nitrogens with zero attached hydrogens (tertiary/aromatic N) is 2. The van der Waals surface area contributed by atoms with E-state index in [2.05, 4.69) is 4.99 Å². The molecule has 3 atom stereocenters. The Balaban J connectivity index is 1.86. The average Bonchev–Trinajstić information content (AvgIpc) is 2.92. The van der Waals surface area contributed by atoms with Gasteiger partial charge in [-0.25, -0.2) is 4.79 Å². The van der Waals surface area contributed by atoms with Gasteiger partial charge in [0.15, 0.2) is 6.04 Å². The van der Waals surface area contributed by atoms with Crippen molar-refractivity contribution in [3.63, 3.8) is 0 Å². The highest BCUT2D eigenvalue weighted by molar-refractivity contribution is 8.01. The smallest absolute Gasteiger partial charge is 0.330 e. The highest BCUT2D eigenvalue weighted by atomic mass is 35.6. The van der Waals surface area contributed by atoms with Crippen molar-refractivity contribution >= 4 is 64.7 Å². The molecule has 0 saturated carbocycles. The van der Waals surface area contributed by atoms with Gasteiger partial charge < -0.3 is 14.7 Å². The normalized spacial score (nSPS) is 24.5. The Bertz CT molecular complexity index is 1020. The van der Waals surface area contributed by atoms with Crippen LogP contribution in [-0.2, 0) is 25.2 Å². The third-order valence-electron chi connectivity index (χ3n) is 6.15. The minimum atomic E-state index is -1.72. The molecule has 1 aromatic rings. The number of hydrogen-bond donors (Lipinski definition) is 1. The summed E-state index contributed by atoms with van der Waals surface area (Å²) in [6.07, 6.45) is 1.69. The zero-order valence-corrected chi connectivity index (χ0v) is 24.4. The van der Waals surface area contributed by atoms with Crippen LogP contribution >= 0.6 is 46.6 Å². The van der Waals surface area contributed by atoms with Crippen molar-refractivity contribution in [2.75, 3.05) is 6.61 Å². The SMILES string of the molecule is CC(C)(C)c1cc(/C=N/[C@@H]2C(=O)N3[C@@H]2SC(C)(C)[C@@H]3C(=O)OCC(Cl)(Cl)Cl)cc(C(C)(C)C)c1O. The molecule has 0 unspecified atom stereocenters. The highest BCUT2D eigenvalue weighted by Crippen LogP contribution is 2.52. The minimum Gasteiger partial charge on any atom is -0.507 e. The van der Waals surface area contributed by atoms with Crippen LogP contribution in [0.25, 0.3) is 0 Å². The summed E-state index contributed by atoms with van der Waals surface area (Å²) in [6, 6.07) is 2.42. The summed E-state index contributed by atoms with van der Waals surface area (Å²) in [5, 5.41) is 10.6. The number of aromatic hydroxyl groups is 1. The summed E-state index contributed by atoms with van der Waals surface area (Å²) in [5.74, 6) is -0.557. The molecule has 0 bridgehead atoms. The van der Waals surface area contributed by atoms with Gasteiger partial charge in [-0.1, -0.05) is 76.3 Å². The number of carbonyl (C=O) groups excluding carboxylic acids is 2. The summed E-state index contributed by atoms with van der Waals surface area (Å²) < 4.78 is 2.87. The van der Waals surface area contributed by atoms with E-state index >= 15 is 0 Å². The molecular weight excluding hydrogens is 531 g/mol. The first-order valence-corrected chi connectivity index (χ1v) is 13.4. The first-order chi connectivity index (χ1) is 15.7. The van der Waals surface area contributed by atoms with Crippen LogP contribution in [0.1, 0.15) is 72.1 Å². The van der Waals surface area contributed by atoms with E-state index in [1.165, 1.54) is 16.7 Å². The molecule has 1 amide bonds. The zero-order valence-electron chi connectivity index (χ0n) is 21.3. The largest absolute Gasteiger partial charge is 0.507 e. The van der Waals surface area contributed by atoms with Crippen LogP contribution in [0.15, 0.2) is 17.1 Å². The van der Waals surface area contributed by atoms with E-state index in [4.69, 9.17) is 39.5 Å². The molecule has 0 aromatic heterocycles. The highest BCUT2D eigenvalue weighted by Gasteiger charge is 2.64. The second kappa shape index (κ2) is 9.30. The fourth-order valence-corrected chi connectivity index (χ4v) is 6.16. The number of phenolic OH excluding ortho intramolecular Hbond substituents is 1. The topological polar surface area (TPSA) is 79.2 Å². The number of alkyl halides is 3. The van der Waals surface area contributed by atoms with E-state index < -0.39 is 33.2 Å². The number of thioether (sulfide) groups is 1. The maximum atomic E-state index is 13.0. The second-order valence-corrected chi connectivity index (χ2v) is 16.0. The molecule has 0 aliphatic carbocycles. The molecule has 1 aromatic carbocycles. The first-order valence-electron chi connectivity index (χ1n) is 11.4. The number of fused-ring (bicyclic) bond motifs is 1. The third-order valence-corrected chi connectivity index (χ3v) is 8.03. The first kappa shape index (κ1) is 28.4. The van der Waals surface area contributed by atoms with E-state index in [1.807, 2.05) is 67.5 Å². The Morgan fingerprint density at radius 2 is 1.66 bits per heavy atom. The molecule has 10 heteroatoms. The summed E-state index contributed by atoms with van der Waals surface area (Å²) >= 11 is 18.6. The molecule has 3 rings (SSSR count). The molecule has 6 nitrogen and oxygen atoms in total. The zero-order chi connectivity index (χ0) is 26.7. The lowest BCUT2D eigenvalue weighted by Gasteiger charge is -2.41. The summed E-state index contributed by atoms with van der Waals surface area (Å²) in [4.78, 5) is 31.9. The Labute approximate surface area is 226 Å². The standard InChI is InChI=1S/C25H33Cl3N2O4S/c1-22(2,3)14-9-13(10-15(17(14)31)23(4,5)6)11-29-16-19(32)30-18(24(7,8)35-20(16)30)21(33)34-12-25(26,27)28/h9-11,16,18,20,31H,12H2,1-8H3/b29-11+/t16-,18+,20-/m1/s1. The van der Waals surface area contributed by atoms with Gasteiger partial charge in [0, 0.05) is 22.1 Å². The van der Waals surface area contributed by atoms with Gasteiger partial charge in [-0.2, -0.15) is 0 Å². The number of hydrogen-bond acceptors (Lipinski definition) is 6. The van der Waals surface area contributed by atoms with E-state index in [0.29, 0.717) is 0 Å². The molecule has 2 saturated heterocycles. The number of ether oxygens (including phenoxy) is 1. The van der Waals surface area contributed by atoms with Crippen molar-refractivity contribution in [1.29, 1.82) is 0 Å². The second-order valence-electron chi connectivity index (χ2n) is 11.7. The Kier molecular flexibility index (Phi) is 7.55. The monoisotopic (exact) mass is 562 g/mol. The number of benzene rings is 1. The predicted octanol–water partition coefficient (Wildman–Crippen LogP) is 5.75. The van der Waals surface area contributed by atoms with Crippen LogP contribution < -0.4 is 0 Å². The van der Waals surface area contributed by atoms with E-state index in [0.717, 1.165) is 16.7 Å². The Morgan fingerprint density at radius 1 is 1.14 bits per heavy atom. The molecule has 2 aliphatic rings. The molecule has 1 N–H and O–H groups in total. The number of aliphatic imine (C=N–C) groups is 1. The molecular formula is C25H33Cl3N2O4S. The van der Waals surface area contributed by atoms with Crippen LogP contribution in [0.2, 0.25) is 0 Å². The van der Waals surface area contributed by atoms with Crippen molar-refractivity contribution in [1.82, 2.24) is 4.90 Å². The van der Waals surface area contributed by atoms with Crippen LogP contribution in [0.3, 0.4) is 0 Å². The predicted molar refractivity (Wildman–Crippen MR) is 144 cm³/mol. The fourth-order valence-electron chi connectivity index (χ4n) is 4.38. The molecule has 35 heavy (non-hydrogen) atoms. The molecule has 2 fully saturated rings. The fraction of sp³-hybridized carbons (Fsp3) is 0.640. The van der Waals surface area contributed by atoms with Crippen molar-refractivity contribution in [3.05, 3.63) is 28.8 Å². The van der Waals surface area contributed by atoms with Crippen LogP contribution in [0.5, 0.6) is 5.75 Å². The van der Waals surface area contributed by atoms with Gasteiger partial charge in [0.2, 0.25) is 3.79 Å². The van der Waals surface area contributed by atoms with Crippen LogP contribution in [0, 0.1) is 0 Å². The van der Waals surface area contributed by atoms with Gasteiger partial charge >= 0.3 is 5.97 Å². The number of halogens is 3. The van der Waals surface area contributed by atoms with Gasteiger partial charge in [-0.3, -0.25) is 9.79 Å². The van der Waals surface area contributed by atoms with Crippen molar-refractivity contribution in [2.45, 2.75) is 92.2 Å².